The Morgan fingerprint density at radius 1 is 1.28 bits per heavy atom. The van der Waals surface area contributed by atoms with Gasteiger partial charge in [-0.2, -0.15) is 5.10 Å². The lowest BCUT2D eigenvalue weighted by atomic mass is 10.1. The van der Waals surface area contributed by atoms with Crippen molar-refractivity contribution in [3.8, 4) is 11.3 Å². The molecule has 29 heavy (non-hydrogen) atoms. The molecule has 0 saturated carbocycles. The molecule has 3 rings (SSSR count). The van der Waals surface area contributed by atoms with Crippen molar-refractivity contribution in [2.45, 2.75) is 32.9 Å². The molecule has 0 aliphatic carbocycles. The summed E-state index contributed by atoms with van der Waals surface area (Å²) < 4.78 is 38.8. The van der Waals surface area contributed by atoms with Crippen LogP contribution in [0.5, 0.6) is 0 Å². The van der Waals surface area contributed by atoms with Crippen LogP contribution in [0.4, 0.5) is 4.39 Å². The molecule has 1 fully saturated rings. The Labute approximate surface area is 169 Å². The lowest BCUT2D eigenvalue weighted by Gasteiger charge is -2.30. The van der Waals surface area contributed by atoms with Crippen molar-refractivity contribution in [1.82, 2.24) is 14.7 Å². The number of amides is 1. The van der Waals surface area contributed by atoms with E-state index >= 15 is 0 Å². The number of carbonyl (C=O) groups excluding carboxylic acids is 1. The van der Waals surface area contributed by atoms with Crippen LogP contribution in [0.2, 0.25) is 0 Å². The van der Waals surface area contributed by atoms with E-state index in [2.05, 4.69) is 5.10 Å². The standard InChI is InChI=1S/C20H24FN3O4S/c1-14(2)11-23(15-9-10-29(27,28)13-15)20(26)12-24-19(25)8-7-18(22-24)16-5-3-4-6-17(16)21/h3-8,14-15H,9-13H2,1-2H3. The molecular weight excluding hydrogens is 397 g/mol. The van der Waals surface area contributed by atoms with E-state index in [-0.39, 0.29) is 41.1 Å². The highest BCUT2D eigenvalue weighted by atomic mass is 32.2. The molecule has 7 nitrogen and oxygen atoms in total. The van der Waals surface area contributed by atoms with Gasteiger partial charge in [-0.05, 0) is 30.5 Å². The van der Waals surface area contributed by atoms with E-state index in [4.69, 9.17) is 0 Å². The summed E-state index contributed by atoms with van der Waals surface area (Å²) in [5, 5.41) is 4.16. The van der Waals surface area contributed by atoms with Gasteiger partial charge in [0.2, 0.25) is 5.91 Å². The summed E-state index contributed by atoms with van der Waals surface area (Å²) in [7, 11) is -3.16. The molecule has 1 atom stereocenters. The van der Waals surface area contributed by atoms with Crippen molar-refractivity contribution in [3.63, 3.8) is 0 Å². The van der Waals surface area contributed by atoms with Crippen molar-refractivity contribution >= 4 is 15.7 Å². The third kappa shape index (κ3) is 5.09. The van der Waals surface area contributed by atoms with E-state index in [1.54, 1.807) is 23.1 Å². The highest BCUT2D eigenvalue weighted by Gasteiger charge is 2.35. The lowest BCUT2D eigenvalue weighted by Crippen LogP contribution is -2.46. The molecule has 1 aliphatic heterocycles. The van der Waals surface area contributed by atoms with Gasteiger partial charge in [0.05, 0.1) is 17.2 Å². The number of aromatic nitrogens is 2. The molecule has 2 aromatic rings. The Hall–Kier alpha value is -2.55. The number of hydrogen-bond acceptors (Lipinski definition) is 5. The van der Waals surface area contributed by atoms with Gasteiger partial charge in [0, 0.05) is 24.2 Å². The molecule has 0 radical (unpaired) electrons. The average molecular weight is 421 g/mol. The summed E-state index contributed by atoms with van der Waals surface area (Å²) in [6.45, 7) is 3.94. The first-order valence-corrected chi connectivity index (χ1v) is 11.3. The van der Waals surface area contributed by atoms with Gasteiger partial charge in [0.25, 0.3) is 5.56 Å². The monoisotopic (exact) mass is 421 g/mol. The van der Waals surface area contributed by atoms with Crippen LogP contribution in [0.3, 0.4) is 0 Å². The molecule has 1 aromatic carbocycles. The smallest absolute Gasteiger partial charge is 0.267 e. The van der Waals surface area contributed by atoms with Gasteiger partial charge in [-0.25, -0.2) is 17.5 Å². The van der Waals surface area contributed by atoms with Gasteiger partial charge in [-0.15, -0.1) is 0 Å². The lowest BCUT2D eigenvalue weighted by molar-refractivity contribution is -0.134. The van der Waals surface area contributed by atoms with Crippen LogP contribution in [0, 0.1) is 11.7 Å². The van der Waals surface area contributed by atoms with Crippen molar-refractivity contribution in [3.05, 3.63) is 52.6 Å². The maximum Gasteiger partial charge on any atom is 0.267 e. The summed E-state index contributed by atoms with van der Waals surface area (Å²) in [5.41, 5.74) is -0.00837. The van der Waals surface area contributed by atoms with E-state index in [0.717, 1.165) is 4.68 Å². The predicted octanol–water partition coefficient (Wildman–Crippen LogP) is 1.72. The van der Waals surface area contributed by atoms with Crippen LogP contribution in [0.15, 0.2) is 41.2 Å². The van der Waals surface area contributed by atoms with Crippen LogP contribution in [0.1, 0.15) is 20.3 Å². The molecule has 0 spiro atoms. The quantitative estimate of drug-likeness (QED) is 0.709. The van der Waals surface area contributed by atoms with E-state index in [1.165, 1.54) is 18.2 Å². The number of nitrogens with zero attached hydrogens (tertiary/aromatic N) is 3. The van der Waals surface area contributed by atoms with Crippen LogP contribution >= 0.6 is 0 Å². The minimum atomic E-state index is -3.16. The van der Waals surface area contributed by atoms with Crippen LogP contribution in [0.25, 0.3) is 11.3 Å². The van der Waals surface area contributed by atoms with Gasteiger partial charge in [0.1, 0.15) is 12.4 Å². The highest BCUT2D eigenvalue weighted by Crippen LogP contribution is 2.21. The number of carbonyl (C=O) groups is 1. The summed E-state index contributed by atoms with van der Waals surface area (Å²) in [6, 6.07) is 8.31. The highest BCUT2D eigenvalue weighted by molar-refractivity contribution is 7.91. The van der Waals surface area contributed by atoms with Crippen molar-refractivity contribution in [2.24, 2.45) is 5.92 Å². The van der Waals surface area contributed by atoms with Crippen molar-refractivity contribution in [1.29, 1.82) is 0 Å². The zero-order valence-electron chi connectivity index (χ0n) is 16.4. The zero-order valence-corrected chi connectivity index (χ0v) is 17.2. The van der Waals surface area contributed by atoms with Gasteiger partial charge in [0.15, 0.2) is 9.84 Å². The van der Waals surface area contributed by atoms with E-state index in [9.17, 15) is 22.4 Å². The SMILES string of the molecule is CC(C)CN(C(=O)Cn1nc(-c2ccccc2F)ccc1=O)C1CCS(=O)(=O)C1. The first-order valence-electron chi connectivity index (χ1n) is 9.49. The molecular formula is C20H24FN3O4S. The molecule has 2 heterocycles. The molecule has 0 N–H and O–H groups in total. The second-order valence-electron chi connectivity index (χ2n) is 7.69. The van der Waals surface area contributed by atoms with Crippen LogP contribution in [-0.4, -0.2) is 53.1 Å². The van der Waals surface area contributed by atoms with Gasteiger partial charge in [-0.1, -0.05) is 26.0 Å². The second kappa shape index (κ2) is 8.44. The summed E-state index contributed by atoms with van der Waals surface area (Å²) >= 11 is 0. The first kappa shape index (κ1) is 21.2. The van der Waals surface area contributed by atoms with Crippen molar-refractivity contribution < 1.29 is 17.6 Å². The largest absolute Gasteiger partial charge is 0.337 e. The number of sulfone groups is 1. The van der Waals surface area contributed by atoms with Crippen LogP contribution in [-0.2, 0) is 21.2 Å². The number of rotatable bonds is 6. The fraction of sp³-hybridized carbons (Fsp3) is 0.450. The van der Waals surface area contributed by atoms with E-state index in [1.807, 2.05) is 13.8 Å². The average Bonchev–Trinajstić information content (AvgIpc) is 3.01. The van der Waals surface area contributed by atoms with Gasteiger partial charge in [-0.3, -0.25) is 9.59 Å². The number of benzene rings is 1. The summed E-state index contributed by atoms with van der Waals surface area (Å²) in [5.74, 6) is -0.726. The third-order valence-corrected chi connectivity index (χ3v) is 6.58. The molecule has 1 unspecified atom stereocenters. The minimum Gasteiger partial charge on any atom is -0.337 e. The molecule has 1 saturated heterocycles. The Kier molecular flexibility index (Phi) is 6.16. The third-order valence-electron chi connectivity index (χ3n) is 4.83. The topological polar surface area (TPSA) is 89.3 Å². The van der Waals surface area contributed by atoms with Gasteiger partial charge < -0.3 is 4.90 Å². The Bertz CT molecular complexity index is 1070. The van der Waals surface area contributed by atoms with Crippen molar-refractivity contribution in [2.75, 3.05) is 18.1 Å². The molecule has 1 amide bonds. The molecule has 156 valence electrons. The van der Waals surface area contributed by atoms with Crippen LogP contribution < -0.4 is 5.56 Å². The first-order chi connectivity index (χ1) is 13.7. The maximum atomic E-state index is 14.1. The number of halogens is 1. The Morgan fingerprint density at radius 3 is 2.62 bits per heavy atom. The fourth-order valence-electron chi connectivity index (χ4n) is 3.46. The number of hydrogen-bond donors (Lipinski definition) is 0. The molecule has 9 heteroatoms. The Balaban J connectivity index is 1.87. The fourth-order valence-corrected chi connectivity index (χ4v) is 5.19. The normalized spacial score (nSPS) is 18.1. The van der Waals surface area contributed by atoms with E-state index < -0.39 is 27.3 Å². The van der Waals surface area contributed by atoms with Gasteiger partial charge >= 0.3 is 0 Å². The Morgan fingerprint density at radius 2 is 2.00 bits per heavy atom. The predicted molar refractivity (Wildman–Crippen MR) is 108 cm³/mol. The van der Waals surface area contributed by atoms with E-state index in [0.29, 0.717) is 13.0 Å². The molecule has 1 aromatic heterocycles. The zero-order chi connectivity index (χ0) is 21.2. The second-order valence-corrected chi connectivity index (χ2v) is 9.92. The summed E-state index contributed by atoms with van der Waals surface area (Å²) in [6.07, 6.45) is 0.387. The molecule has 0 bridgehead atoms. The minimum absolute atomic E-state index is 0.0561. The maximum absolute atomic E-state index is 14.1. The molecule has 1 aliphatic rings. The summed E-state index contributed by atoms with van der Waals surface area (Å²) in [4.78, 5) is 26.7.